The molecule has 94 valence electrons. The van der Waals surface area contributed by atoms with Crippen LogP contribution in [0.25, 0.3) is 0 Å². The third-order valence-corrected chi connectivity index (χ3v) is 1.69. The molecule has 2 N–H and O–H groups in total. The van der Waals surface area contributed by atoms with Crippen LogP contribution in [0.3, 0.4) is 0 Å². The Hall–Kier alpha value is -1.96. The fourth-order valence-electron chi connectivity index (χ4n) is 1.03. The van der Waals surface area contributed by atoms with E-state index in [9.17, 15) is 9.59 Å². The maximum atomic E-state index is 11.1. The van der Waals surface area contributed by atoms with E-state index in [0.29, 0.717) is 24.7 Å². The van der Waals surface area contributed by atoms with E-state index in [1.165, 1.54) is 0 Å². The van der Waals surface area contributed by atoms with E-state index in [4.69, 9.17) is 9.63 Å². The van der Waals surface area contributed by atoms with Gasteiger partial charge < -0.3 is 19.7 Å². The summed E-state index contributed by atoms with van der Waals surface area (Å²) in [6.07, 6.45) is 0.422. The molecule has 8 heteroatoms. The van der Waals surface area contributed by atoms with Crippen LogP contribution in [-0.4, -0.2) is 46.9 Å². The van der Waals surface area contributed by atoms with Gasteiger partial charge in [-0.3, -0.25) is 4.79 Å². The van der Waals surface area contributed by atoms with Crippen LogP contribution in [0.4, 0.5) is 0 Å². The van der Waals surface area contributed by atoms with E-state index in [2.05, 4.69) is 20.2 Å². The van der Waals surface area contributed by atoms with Gasteiger partial charge in [-0.2, -0.15) is 4.98 Å². The van der Waals surface area contributed by atoms with Crippen molar-refractivity contribution in [2.75, 3.05) is 19.8 Å². The Labute approximate surface area is 97.0 Å². The first kappa shape index (κ1) is 13.1. The van der Waals surface area contributed by atoms with Gasteiger partial charge in [0, 0.05) is 13.0 Å². The molecule has 0 aromatic carbocycles. The third-order valence-electron chi connectivity index (χ3n) is 1.69. The number of carbonyl (C=O) groups is 2. The standard InChI is InChI=1S/C9H13N3O5/c1-6-11-8(17-12-6)2-3-10-7(13)4-16-5-9(14)15/h2-5H2,1H3,(H,10,13)(H,14,15). The highest BCUT2D eigenvalue weighted by atomic mass is 16.5. The number of ether oxygens (including phenoxy) is 1. The summed E-state index contributed by atoms with van der Waals surface area (Å²) in [5.74, 6) is -0.521. The Bertz CT molecular complexity index is 390. The molecule has 0 fully saturated rings. The number of aliphatic carboxylic acids is 1. The van der Waals surface area contributed by atoms with E-state index in [-0.39, 0.29) is 12.5 Å². The first-order valence-electron chi connectivity index (χ1n) is 4.93. The largest absolute Gasteiger partial charge is 0.480 e. The van der Waals surface area contributed by atoms with E-state index >= 15 is 0 Å². The summed E-state index contributed by atoms with van der Waals surface area (Å²) in [5, 5.41) is 14.4. The Morgan fingerprint density at radius 1 is 1.47 bits per heavy atom. The zero-order valence-corrected chi connectivity index (χ0v) is 9.30. The molecule has 1 rings (SSSR count). The maximum absolute atomic E-state index is 11.1. The fourth-order valence-corrected chi connectivity index (χ4v) is 1.03. The number of aryl methyl sites for hydroxylation is 1. The number of aromatic nitrogens is 2. The highest BCUT2D eigenvalue weighted by Gasteiger charge is 2.05. The summed E-state index contributed by atoms with van der Waals surface area (Å²) in [6, 6.07) is 0. The summed E-state index contributed by atoms with van der Waals surface area (Å²) in [7, 11) is 0. The molecule has 0 saturated heterocycles. The van der Waals surface area contributed by atoms with Gasteiger partial charge in [-0.1, -0.05) is 5.16 Å². The van der Waals surface area contributed by atoms with Gasteiger partial charge in [0.05, 0.1) is 0 Å². The molecule has 0 aliphatic carbocycles. The molecule has 0 bridgehead atoms. The molecule has 1 aromatic rings. The second kappa shape index (κ2) is 6.59. The van der Waals surface area contributed by atoms with E-state index in [1.807, 2.05) is 0 Å². The lowest BCUT2D eigenvalue weighted by atomic mass is 10.4. The van der Waals surface area contributed by atoms with Gasteiger partial charge in [-0.05, 0) is 6.92 Å². The number of carbonyl (C=O) groups excluding carboxylic acids is 1. The second-order valence-electron chi connectivity index (χ2n) is 3.22. The summed E-state index contributed by atoms with van der Waals surface area (Å²) in [5.41, 5.74) is 0. The molecule has 1 amide bonds. The number of rotatable bonds is 7. The Kier molecular flexibility index (Phi) is 5.08. The van der Waals surface area contributed by atoms with Crippen LogP contribution in [-0.2, 0) is 20.7 Å². The van der Waals surface area contributed by atoms with Gasteiger partial charge in [0.2, 0.25) is 11.8 Å². The van der Waals surface area contributed by atoms with Gasteiger partial charge in [0.25, 0.3) is 0 Å². The van der Waals surface area contributed by atoms with Gasteiger partial charge >= 0.3 is 5.97 Å². The lowest BCUT2D eigenvalue weighted by Crippen LogP contribution is -2.30. The van der Waals surface area contributed by atoms with Crippen molar-refractivity contribution < 1.29 is 24.0 Å². The molecule has 0 unspecified atom stereocenters. The van der Waals surface area contributed by atoms with Crippen LogP contribution in [0.2, 0.25) is 0 Å². The van der Waals surface area contributed by atoms with Gasteiger partial charge in [-0.15, -0.1) is 0 Å². The topological polar surface area (TPSA) is 115 Å². The minimum atomic E-state index is -1.11. The Morgan fingerprint density at radius 2 is 2.24 bits per heavy atom. The quantitative estimate of drug-likeness (QED) is 0.640. The SMILES string of the molecule is Cc1noc(CCNC(=O)COCC(=O)O)n1. The smallest absolute Gasteiger partial charge is 0.329 e. The molecule has 0 radical (unpaired) electrons. The highest BCUT2D eigenvalue weighted by Crippen LogP contribution is 1.95. The van der Waals surface area contributed by atoms with Gasteiger partial charge in [0.15, 0.2) is 5.82 Å². The molecule has 0 aliphatic rings. The van der Waals surface area contributed by atoms with Crippen molar-refractivity contribution in [3.05, 3.63) is 11.7 Å². The second-order valence-corrected chi connectivity index (χ2v) is 3.22. The highest BCUT2D eigenvalue weighted by molar-refractivity contribution is 5.77. The first-order chi connectivity index (χ1) is 8.08. The van der Waals surface area contributed by atoms with Crippen molar-refractivity contribution in [3.8, 4) is 0 Å². The van der Waals surface area contributed by atoms with Crippen molar-refractivity contribution in [1.29, 1.82) is 0 Å². The molecule has 1 aromatic heterocycles. The number of hydrogen-bond donors (Lipinski definition) is 2. The normalized spacial score (nSPS) is 10.2. The predicted molar refractivity (Wildman–Crippen MR) is 54.2 cm³/mol. The van der Waals surface area contributed by atoms with E-state index < -0.39 is 12.6 Å². The van der Waals surface area contributed by atoms with E-state index in [1.54, 1.807) is 6.92 Å². The average Bonchev–Trinajstić information content (AvgIpc) is 2.63. The van der Waals surface area contributed by atoms with Crippen molar-refractivity contribution in [2.45, 2.75) is 13.3 Å². The number of carboxylic acid groups (broad SMARTS) is 1. The zero-order valence-electron chi connectivity index (χ0n) is 9.30. The van der Waals surface area contributed by atoms with Crippen LogP contribution in [0.15, 0.2) is 4.52 Å². The number of nitrogens with one attached hydrogen (secondary N) is 1. The molecule has 0 aliphatic heterocycles. The minimum Gasteiger partial charge on any atom is -0.480 e. The van der Waals surface area contributed by atoms with E-state index in [0.717, 1.165) is 0 Å². The molecule has 17 heavy (non-hydrogen) atoms. The molecule has 1 heterocycles. The maximum Gasteiger partial charge on any atom is 0.329 e. The lowest BCUT2D eigenvalue weighted by Gasteiger charge is -2.02. The number of hydrogen-bond acceptors (Lipinski definition) is 6. The molecule has 0 atom stereocenters. The fraction of sp³-hybridized carbons (Fsp3) is 0.556. The van der Waals surface area contributed by atoms with Gasteiger partial charge in [0.1, 0.15) is 13.2 Å². The molecule has 0 spiro atoms. The molecule has 0 saturated carbocycles. The molecule has 8 nitrogen and oxygen atoms in total. The predicted octanol–water partition coefficient (Wildman–Crippen LogP) is -0.862. The minimum absolute atomic E-state index is 0.283. The van der Waals surface area contributed by atoms with Crippen LogP contribution >= 0.6 is 0 Å². The van der Waals surface area contributed by atoms with Crippen molar-refractivity contribution in [3.63, 3.8) is 0 Å². The summed E-state index contributed by atoms with van der Waals surface area (Å²) in [6.45, 7) is 1.26. The summed E-state index contributed by atoms with van der Waals surface area (Å²) in [4.78, 5) is 25.2. The van der Waals surface area contributed by atoms with Crippen LogP contribution in [0.1, 0.15) is 11.7 Å². The lowest BCUT2D eigenvalue weighted by molar-refractivity contribution is -0.143. The van der Waals surface area contributed by atoms with Gasteiger partial charge in [-0.25, -0.2) is 4.79 Å². The Balaban J connectivity index is 2.10. The monoisotopic (exact) mass is 243 g/mol. The Morgan fingerprint density at radius 3 is 2.82 bits per heavy atom. The van der Waals surface area contributed by atoms with Crippen molar-refractivity contribution in [2.24, 2.45) is 0 Å². The zero-order chi connectivity index (χ0) is 12.7. The van der Waals surface area contributed by atoms with Crippen LogP contribution in [0, 0.1) is 6.92 Å². The summed E-state index contributed by atoms with van der Waals surface area (Å²) < 4.78 is 9.44. The third kappa shape index (κ3) is 5.61. The number of nitrogens with zero attached hydrogens (tertiary/aromatic N) is 2. The molecular weight excluding hydrogens is 230 g/mol. The number of amides is 1. The van der Waals surface area contributed by atoms with Crippen LogP contribution in [0.5, 0.6) is 0 Å². The van der Waals surface area contributed by atoms with Crippen molar-refractivity contribution in [1.82, 2.24) is 15.5 Å². The first-order valence-corrected chi connectivity index (χ1v) is 4.93. The molecular formula is C9H13N3O5. The number of carboxylic acids is 1. The van der Waals surface area contributed by atoms with Crippen molar-refractivity contribution >= 4 is 11.9 Å². The average molecular weight is 243 g/mol. The van der Waals surface area contributed by atoms with Crippen LogP contribution < -0.4 is 5.32 Å². The summed E-state index contributed by atoms with van der Waals surface area (Å²) >= 11 is 0.